The lowest BCUT2D eigenvalue weighted by atomic mass is 10.2. The number of carbonyl (C=O) groups excluding carboxylic acids is 1. The maximum absolute atomic E-state index is 13.2. The molecule has 2 aromatic rings. The molecule has 0 unspecified atom stereocenters. The summed E-state index contributed by atoms with van der Waals surface area (Å²) in [7, 11) is 0. The van der Waals surface area contributed by atoms with Crippen LogP contribution in [-0.2, 0) is 4.79 Å². The number of thioether (sulfide) groups is 1. The minimum Gasteiger partial charge on any atom is -0.369 e. The van der Waals surface area contributed by atoms with Crippen LogP contribution >= 0.6 is 24.0 Å². The van der Waals surface area contributed by atoms with Crippen molar-refractivity contribution in [2.24, 2.45) is 0 Å². The quantitative estimate of drug-likeness (QED) is 0.547. The summed E-state index contributed by atoms with van der Waals surface area (Å²) in [6.07, 6.45) is 6.10. The zero-order valence-corrected chi connectivity index (χ0v) is 18.0. The monoisotopic (exact) mass is 416 g/mol. The number of hydrogen-bond acceptors (Lipinski definition) is 6. The van der Waals surface area contributed by atoms with Gasteiger partial charge in [0.05, 0.1) is 10.5 Å². The van der Waals surface area contributed by atoms with Crippen LogP contribution in [0.25, 0.3) is 11.7 Å². The maximum atomic E-state index is 13.2. The number of nitrogens with one attached hydrogen (secondary N) is 1. The normalized spacial score (nSPS) is 15.8. The average Bonchev–Trinajstić information content (AvgIpc) is 2.94. The van der Waals surface area contributed by atoms with Crippen LogP contribution in [0.2, 0.25) is 0 Å². The zero-order valence-electron chi connectivity index (χ0n) is 16.3. The minimum atomic E-state index is -0.203. The fraction of sp³-hybridized carbons (Fsp3) is 0.400. The summed E-state index contributed by atoms with van der Waals surface area (Å²) in [5.41, 5.74) is 1.70. The first-order chi connectivity index (χ1) is 13.5. The molecule has 2 aromatic heterocycles. The largest absolute Gasteiger partial charge is 0.369 e. The molecule has 148 valence electrons. The minimum absolute atomic E-state index is 0.140. The van der Waals surface area contributed by atoms with Gasteiger partial charge in [-0.05, 0) is 37.5 Å². The molecule has 0 aliphatic carbocycles. The van der Waals surface area contributed by atoms with E-state index in [0.29, 0.717) is 39.3 Å². The molecule has 0 aromatic carbocycles. The van der Waals surface area contributed by atoms with E-state index in [-0.39, 0.29) is 11.5 Å². The van der Waals surface area contributed by atoms with Crippen LogP contribution in [0.4, 0.5) is 5.82 Å². The van der Waals surface area contributed by atoms with E-state index in [4.69, 9.17) is 12.2 Å². The van der Waals surface area contributed by atoms with Crippen molar-refractivity contribution in [3.63, 3.8) is 0 Å². The number of aryl methyl sites for hydroxylation is 1. The third-order valence-electron chi connectivity index (χ3n) is 4.51. The van der Waals surface area contributed by atoms with Gasteiger partial charge in [0.2, 0.25) is 0 Å². The van der Waals surface area contributed by atoms with Gasteiger partial charge < -0.3 is 5.32 Å². The molecule has 0 atom stereocenters. The van der Waals surface area contributed by atoms with Crippen molar-refractivity contribution in [2.75, 3.05) is 18.4 Å². The van der Waals surface area contributed by atoms with Crippen LogP contribution in [0, 0.1) is 6.92 Å². The molecule has 1 fully saturated rings. The summed E-state index contributed by atoms with van der Waals surface area (Å²) in [4.78, 5) is 32.7. The highest BCUT2D eigenvalue weighted by atomic mass is 32.2. The number of anilines is 1. The number of hydrogen-bond donors (Lipinski definition) is 1. The molecule has 0 radical (unpaired) electrons. The summed E-state index contributed by atoms with van der Waals surface area (Å²) in [5, 5.41) is 3.23. The summed E-state index contributed by atoms with van der Waals surface area (Å²) in [6, 6.07) is 3.74. The zero-order chi connectivity index (χ0) is 20.3. The summed E-state index contributed by atoms with van der Waals surface area (Å²) >= 11 is 6.61. The highest BCUT2D eigenvalue weighted by Gasteiger charge is 2.32. The van der Waals surface area contributed by atoms with Gasteiger partial charge in [-0.15, -0.1) is 0 Å². The second-order valence-corrected chi connectivity index (χ2v) is 8.35. The molecule has 28 heavy (non-hydrogen) atoms. The Labute approximate surface area is 174 Å². The predicted molar refractivity (Wildman–Crippen MR) is 120 cm³/mol. The lowest BCUT2D eigenvalue weighted by Crippen LogP contribution is -2.29. The smallest absolute Gasteiger partial charge is 0.267 e. The molecule has 3 rings (SSSR count). The highest BCUT2D eigenvalue weighted by Crippen LogP contribution is 2.33. The summed E-state index contributed by atoms with van der Waals surface area (Å²) < 4.78 is 2.06. The van der Waals surface area contributed by atoms with Gasteiger partial charge in [0, 0.05) is 19.3 Å². The highest BCUT2D eigenvalue weighted by molar-refractivity contribution is 8.26. The first-order valence-electron chi connectivity index (χ1n) is 9.49. The van der Waals surface area contributed by atoms with Crippen molar-refractivity contribution in [3.05, 3.63) is 44.7 Å². The fourth-order valence-corrected chi connectivity index (χ4v) is 4.25. The lowest BCUT2D eigenvalue weighted by Gasteiger charge is -2.13. The molecule has 1 aliphatic heterocycles. The van der Waals surface area contributed by atoms with E-state index >= 15 is 0 Å². The third kappa shape index (κ3) is 3.98. The molecular weight excluding hydrogens is 392 g/mol. The number of amides is 1. The Morgan fingerprint density at radius 3 is 2.79 bits per heavy atom. The van der Waals surface area contributed by atoms with Crippen LogP contribution in [0.15, 0.2) is 28.0 Å². The number of aromatic nitrogens is 2. The van der Waals surface area contributed by atoms with Crippen LogP contribution < -0.4 is 10.9 Å². The Hall–Kier alpha value is -2.19. The van der Waals surface area contributed by atoms with E-state index < -0.39 is 0 Å². The van der Waals surface area contributed by atoms with Gasteiger partial charge in [-0.3, -0.25) is 18.9 Å². The molecule has 8 heteroatoms. The second-order valence-electron chi connectivity index (χ2n) is 6.68. The first kappa shape index (κ1) is 20.5. The average molecular weight is 417 g/mol. The molecule has 0 saturated carbocycles. The number of thiocarbonyl (C=S) groups is 1. The van der Waals surface area contributed by atoms with Gasteiger partial charge in [0.25, 0.3) is 11.5 Å². The Balaban J connectivity index is 2.10. The van der Waals surface area contributed by atoms with Gasteiger partial charge in [-0.25, -0.2) is 4.98 Å². The van der Waals surface area contributed by atoms with E-state index in [1.165, 1.54) is 16.2 Å². The number of rotatable bonds is 7. The fourth-order valence-electron chi connectivity index (χ4n) is 2.96. The Kier molecular flexibility index (Phi) is 6.51. The molecular formula is C20H24N4O2S2. The van der Waals surface area contributed by atoms with Crippen molar-refractivity contribution in [3.8, 4) is 0 Å². The van der Waals surface area contributed by atoms with Crippen molar-refractivity contribution >= 4 is 51.7 Å². The van der Waals surface area contributed by atoms with Crippen LogP contribution in [0.3, 0.4) is 0 Å². The molecule has 0 spiro atoms. The third-order valence-corrected chi connectivity index (χ3v) is 5.89. The molecule has 1 N–H and O–H groups in total. The molecule has 1 saturated heterocycles. The number of carbonyl (C=O) groups is 1. The lowest BCUT2D eigenvalue weighted by molar-refractivity contribution is -0.122. The molecule has 6 nitrogen and oxygen atoms in total. The molecule has 1 amide bonds. The maximum Gasteiger partial charge on any atom is 0.267 e. The summed E-state index contributed by atoms with van der Waals surface area (Å²) in [6.45, 7) is 7.33. The number of unbranched alkanes of at least 4 members (excludes halogenated alkanes) is 1. The molecule has 1 aliphatic rings. The Bertz CT molecular complexity index is 1010. The van der Waals surface area contributed by atoms with Crippen molar-refractivity contribution < 1.29 is 4.79 Å². The van der Waals surface area contributed by atoms with Gasteiger partial charge in [0.1, 0.15) is 15.8 Å². The van der Waals surface area contributed by atoms with Crippen molar-refractivity contribution in [1.82, 2.24) is 14.3 Å². The standard InChI is InChI=1S/C20H24N4O2S2/c1-4-6-10-24-19(26)15(28-20(24)27)12-14-16(21-9-5-2)22-17-13(3)8-7-11-23(17)18(14)25/h7-8,11-12,21H,4-6,9-10H2,1-3H3/b15-12-. The number of fused-ring (bicyclic) bond motifs is 1. The topological polar surface area (TPSA) is 66.7 Å². The second kappa shape index (κ2) is 8.87. The van der Waals surface area contributed by atoms with Crippen molar-refractivity contribution in [1.29, 1.82) is 0 Å². The number of pyridine rings is 1. The predicted octanol–water partition coefficient (Wildman–Crippen LogP) is 3.83. The molecule has 3 heterocycles. The SMILES string of the molecule is CCCCN1C(=O)/C(=C/c2c(NCCC)nc3c(C)cccn3c2=O)SC1=S. The van der Waals surface area contributed by atoms with E-state index in [1.807, 2.05) is 26.0 Å². The van der Waals surface area contributed by atoms with Crippen LogP contribution in [0.5, 0.6) is 0 Å². The van der Waals surface area contributed by atoms with Crippen LogP contribution in [-0.4, -0.2) is 37.6 Å². The van der Waals surface area contributed by atoms with E-state index in [2.05, 4.69) is 17.2 Å². The first-order valence-corrected chi connectivity index (χ1v) is 10.7. The van der Waals surface area contributed by atoms with Crippen molar-refractivity contribution in [2.45, 2.75) is 40.0 Å². The van der Waals surface area contributed by atoms with Gasteiger partial charge >= 0.3 is 0 Å². The summed E-state index contributed by atoms with van der Waals surface area (Å²) in [5.74, 6) is 0.360. The van der Waals surface area contributed by atoms with Gasteiger partial charge in [-0.1, -0.05) is 50.3 Å². The van der Waals surface area contributed by atoms with Gasteiger partial charge in [0.15, 0.2) is 0 Å². The van der Waals surface area contributed by atoms with E-state index in [1.54, 1.807) is 17.2 Å². The number of nitrogens with zero attached hydrogens (tertiary/aromatic N) is 3. The Morgan fingerprint density at radius 1 is 1.29 bits per heavy atom. The van der Waals surface area contributed by atoms with Crippen LogP contribution in [0.1, 0.15) is 44.2 Å². The molecule has 0 bridgehead atoms. The van der Waals surface area contributed by atoms with Gasteiger partial charge in [-0.2, -0.15) is 0 Å². The van der Waals surface area contributed by atoms with E-state index in [0.717, 1.165) is 24.8 Å². The van der Waals surface area contributed by atoms with E-state index in [9.17, 15) is 9.59 Å². The Morgan fingerprint density at radius 2 is 2.07 bits per heavy atom.